The second-order valence-electron chi connectivity index (χ2n) is 6.27. The fraction of sp³-hybridized carbons (Fsp3) is 0.444. The quantitative estimate of drug-likeness (QED) is 0.938. The lowest BCUT2D eigenvalue weighted by atomic mass is 10.0. The van der Waals surface area contributed by atoms with Crippen molar-refractivity contribution in [2.45, 2.75) is 32.2 Å². The van der Waals surface area contributed by atoms with Crippen molar-refractivity contribution >= 4 is 11.8 Å². The molecule has 128 valence electrons. The number of rotatable bonds is 4. The average Bonchev–Trinajstić information content (AvgIpc) is 3.14. The van der Waals surface area contributed by atoms with E-state index >= 15 is 0 Å². The Morgan fingerprint density at radius 2 is 2.12 bits per heavy atom. The zero-order chi connectivity index (χ0) is 17.1. The van der Waals surface area contributed by atoms with E-state index < -0.39 is 0 Å². The summed E-state index contributed by atoms with van der Waals surface area (Å²) in [7, 11) is 3.50. The van der Waals surface area contributed by atoms with E-state index in [1.807, 2.05) is 37.1 Å². The van der Waals surface area contributed by atoms with Gasteiger partial charge in [0.05, 0.1) is 12.8 Å². The third-order valence-corrected chi connectivity index (χ3v) is 4.51. The van der Waals surface area contributed by atoms with Gasteiger partial charge in [-0.2, -0.15) is 5.10 Å². The van der Waals surface area contributed by atoms with Gasteiger partial charge in [0.25, 0.3) is 0 Å². The minimum atomic E-state index is -0.0472. The maximum absolute atomic E-state index is 12.6. The lowest BCUT2D eigenvalue weighted by Gasteiger charge is -2.25. The SMILES string of the molecule is COc1ccc(C[C@H]2CCCN2C(=O)Nc2cc(C)nn2C)cc1. The fourth-order valence-corrected chi connectivity index (χ4v) is 3.26. The van der Waals surface area contributed by atoms with Crippen molar-refractivity contribution in [3.8, 4) is 5.75 Å². The number of hydrogen-bond donors (Lipinski definition) is 1. The Morgan fingerprint density at radius 3 is 2.75 bits per heavy atom. The molecule has 1 saturated heterocycles. The number of urea groups is 1. The molecule has 3 rings (SSSR count). The van der Waals surface area contributed by atoms with E-state index in [1.54, 1.807) is 11.8 Å². The number of aromatic nitrogens is 2. The van der Waals surface area contributed by atoms with E-state index in [9.17, 15) is 4.79 Å². The van der Waals surface area contributed by atoms with Crippen molar-refractivity contribution < 1.29 is 9.53 Å². The Balaban J connectivity index is 1.65. The van der Waals surface area contributed by atoms with Crippen LogP contribution in [0.1, 0.15) is 24.1 Å². The summed E-state index contributed by atoms with van der Waals surface area (Å²) in [6, 6.07) is 10.1. The van der Waals surface area contributed by atoms with E-state index in [0.717, 1.165) is 43.1 Å². The molecule has 0 bridgehead atoms. The molecule has 1 aliphatic rings. The highest BCUT2D eigenvalue weighted by Gasteiger charge is 2.29. The molecular weight excluding hydrogens is 304 g/mol. The number of carbonyl (C=O) groups excluding carboxylic acids is 1. The molecule has 2 amide bonds. The maximum Gasteiger partial charge on any atom is 0.323 e. The molecule has 1 fully saturated rings. The van der Waals surface area contributed by atoms with Crippen LogP contribution in [0.2, 0.25) is 0 Å². The molecule has 1 aliphatic heterocycles. The third-order valence-electron chi connectivity index (χ3n) is 4.51. The van der Waals surface area contributed by atoms with Crippen LogP contribution in [0.3, 0.4) is 0 Å². The molecule has 1 aromatic carbocycles. The maximum atomic E-state index is 12.6. The van der Waals surface area contributed by atoms with E-state index in [2.05, 4.69) is 22.5 Å². The Labute approximate surface area is 142 Å². The standard InChI is InChI=1S/C18H24N4O2/c1-13-11-17(21(2)20-13)19-18(23)22-10-4-5-15(22)12-14-6-8-16(24-3)9-7-14/h6-9,11,15H,4-5,10,12H2,1-3H3,(H,19,23)/t15-/m1/s1. The number of carbonyl (C=O) groups is 1. The molecule has 0 aliphatic carbocycles. The number of benzene rings is 1. The summed E-state index contributed by atoms with van der Waals surface area (Å²) in [5.41, 5.74) is 2.11. The van der Waals surface area contributed by atoms with Crippen molar-refractivity contribution in [3.63, 3.8) is 0 Å². The van der Waals surface area contributed by atoms with E-state index in [-0.39, 0.29) is 12.1 Å². The molecule has 1 atom stereocenters. The molecule has 0 saturated carbocycles. The first kappa shape index (κ1) is 16.4. The Hall–Kier alpha value is -2.50. The van der Waals surface area contributed by atoms with Crippen molar-refractivity contribution in [2.75, 3.05) is 19.0 Å². The van der Waals surface area contributed by atoms with Gasteiger partial charge in [0.1, 0.15) is 11.6 Å². The van der Waals surface area contributed by atoms with Crippen molar-refractivity contribution in [1.29, 1.82) is 0 Å². The van der Waals surface area contributed by atoms with E-state index in [0.29, 0.717) is 0 Å². The first-order valence-corrected chi connectivity index (χ1v) is 8.28. The molecule has 1 N–H and O–H groups in total. The van der Waals surface area contributed by atoms with E-state index in [1.165, 1.54) is 5.56 Å². The highest BCUT2D eigenvalue weighted by Crippen LogP contribution is 2.23. The number of nitrogens with one attached hydrogen (secondary N) is 1. The summed E-state index contributed by atoms with van der Waals surface area (Å²) in [6.07, 6.45) is 2.93. The van der Waals surface area contributed by atoms with Gasteiger partial charge in [0.2, 0.25) is 0 Å². The number of aryl methyl sites for hydroxylation is 2. The molecule has 6 heteroatoms. The topological polar surface area (TPSA) is 59.4 Å². The minimum Gasteiger partial charge on any atom is -0.497 e. The molecule has 1 aromatic heterocycles. The second-order valence-corrected chi connectivity index (χ2v) is 6.27. The van der Waals surface area contributed by atoms with Crippen LogP contribution < -0.4 is 10.1 Å². The smallest absolute Gasteiger partial charge is 0.323 e. The summed E-state index contributed by atoms with van der Waals surface area (Å²) in [4.78, 5) is 14.6. The van der Waals surface area contributed by atoms with Crippen molar-refractivity contribution in [1.82, 2.24) is 14.7 Å². The van der Waals surface area contributed by atoms with Crippen LogP contribution >= 0.6 is 0 Å². The Bertz CT molecular complexity index is 708. The zero-order valence-electron chi connectivity index (χ0n) is 14.5. The largest absolute Gasteiger partial charge is 0.497 e. The highest BCUT2D eigenvalue weighted by molar-refractivity contribution is 5.88. The summed E-state index contributed by atoms with van der Waals surface area (Å²) in [5.74, 6) is 1.58. The summed E-state index contributed by atoms with van der Waals surface area (Å²) in [5, 5.41) is 7.24. The molecule has 0 radical (unpaired) electrons. The minimum absolute atomic E-state index is 0.0472. The van der Waals surface area contributed by atoms with Crippen LogP contribution in [-0.2, 0) is 13.5 Å². The van der Waals surface area contributed by atoms with Gasteiger partial charge >= 0.3 is 6.03 Å². The van der Waals surface area contributed by atoms with Gasteiger partial charge in [-0.05, 0) is 43.9 Å². The number of ether oxygens (including phenoxy) is 1. The first-order valence-electron chi connectivity index (χ1n) is 8.28. The van der Waals surface area contributed by atoms with E-state index in [4.69, 9.17) is 4.74 Å². The predicted molar refractivity (Wildman–Crippen MR) is 93.4 cm³/mol. The van der Waals surface area contributed by atoms with Gasteiger partial charge in [0.15, 0.2) is 0 Å². The third kappa shape index (κ3) is 3.53. The number of amides is 2. The number of anilines is 1. The number of hydrogen-bond acceptors (Lipinski definition) is 3. The van der Waals surface area contributed by atoms with Gasteiger partial charge in [-0.1, -0.05) is 12.1 Å². The molecular formula is C18H24N4O2. The lowest BCUT2D eigenvalue weighted by Crippen LogP contribution is -2.40. The summed E-state index contributed by atoms with van der Waals surface area (Å²) >= 11 is 0. The van der Waals surface area contributed by atoms with Crippen LogP contribution in [0.25, 0.3) is 0 Å². The first-order chi connectivity index (χ1) is 11.6. The van der Waals surface area contributed by atoms with Crippen LogP contribution in [-0.4, -0.2) is 40.4 Å². The molecule has 6 nitrogen and oxygen atoms in total. The monoisotopic (exact) mass is 328 g/mol. The predicted octanol–water partition coefficient (Wildman–Crippen LogP) is 2.98. The Kier molecular flexibility index (Phi) is 4.74. The average molecular weight is 328 g/mol. The van der Waals surface area contributed by atoms with Gasteiger partial charge in [-0.3, -0.25) is 10.00 Å². The highest BCUT2D eigenvalue weighted by atomic mass is 16.5. The zero-order valence-corrected chi connectivity index (χ0v) is 14.5. The molecule has 24 heavy (non-hydrogen) atoms. The van der Waals surface area contributed by atoms with Gasteiger partial charge < -0.3 is 9.64 Å². The van der Waals surface area contributed by atoms with Crippen LogP contribution in [0.15, 0.2) is 30.3 Å². The fourth-order valence-electron chi connectivity index (χ4n) is 3.26. The Morgan fingerprint density at radius 1 is 1.38 bits per heavy atom. The summed E-state index contributed by atoms with van der Waals surface area (Å²) < 4.78 is 6.89. The number of nitrogens with zero attached hydrogens (tertiary/aromatic N) is 3. The van der Waals surface area contributed by atoms with Crippen LogP contribution in [0.4, 0.5) is 10.6 Å². The van der Waals surface area contributed by atoms with Gasteiger partial charge in [0, 0.05) is 25.7 Å². The lowest BCUT2D eigenvalue weighted by molar-refractivity contribution is 0.206. The second kappa shape index (κ2) is 6.95. The van der Waals surface area contributed by atoms with Crippen molar-refractivity contribution in [3.05, 3.63) is 41.6 Å². The molecule has 2 heterocycles. The molecule has 0 unspecified atom stereocenters. The molecule has 0 spiro atoms. The van der Waals surface area contributed by atoms with Gasteiger partial charge in [-0.15, -0.1) is 0 Å². The normalized spacial score (nSPS) is 17.1. The summed E-state index contributed by atoms with van der Waals surface area (Å²) in [6.45, 7) is 2.71. The molecule has 2 aromatic rings. The van der Waals surface area contributed by atoms with Crippen molar-refractivity contribution in [2.24, 2.45) is 7.05 Å². The van der Waals surface area contributed by atoms with Crippen LogP contribution in [0.5, 0.6) is 5.75 Å². The number of likely N-dealkylation sites (tertiary alicyclic amines) is 1. The van der Waals surface area contributed by atoms with Gasteiger partial charge in [-0.25, -0.2) is 4.79 Å². The number of methoxy groups -OCH3 is 1. The van der Waals surface area contributed by atoms with Crippen LogP contribution in [0, 0.1) is 6.92 Å².